The summed E-state index contributed by atoms with van der Waals surface area (Å²) in [4.78, 5) is 11.4. The summed E-state index contributed by atoms with van der Waals surface area (Å²) in [6.45, 7) is 10.5. The van der Waals surface area contributed by atoms with Gasteiger partial charge in [0.05, 0.1) is 25.4 Å². The van der Waals surface area contributed by atoms with Crippen LogP contribution in [0.2, 0.25) is 0 Å². The highest BCUT2D eigenvalue weighted by Gasteiger charge is 2.07. The molecule has 0 rings (SSSR count). The predicted octanol–water partition coefficient (Wildman–Crippen LogP) is 3.65. The maximum absolute atomic E-state index is 11.4. The van der Waals surface area contributed by atoms with Gasteiger partial charge in [0.15, 0.2) is 0 Å². The molecule has 0 aliphatic heterocycles. The van der Waals surface area contributed by atoms with Gasteiger partial charge in [-0.2, -0.15) is 0 Å². The van der Waals surface area contributed by atoms with Crippen molar-refractivity contribution in [3.8, 4) is 0 Å². The van der Waals surface area contributed by atoms with Gasteiger partial charge in [0, 0.05) is 0 Å². The molecule has 0 aliphatic rings. The van der Waals surface area contributed by atoms with Gasteiger partial charge in [0.25, 0.3) is 0 Å². The highest BCUT2D eigenvalue weighted by Crippen LogP contribution is 2.05. The van der Waals surface area contributed by atoms with Crippen molar-refractivity contribution in [3.63, 3.8) is 0 Å². The van der Waals surface area contributed by atoms with Gasteiger partial charge in [-0.15, -0.1) is 6.58 Å². The van der Waals surface area contributed by atoms with Gasteiger partial charge >= 0.3 is 5.97 Å². The Hall–Kier alpha value is -1.09. The first-order chi connectivity index (χ1) is 8.72. The zero-order valence-electron chi connectivity index (χ0n) is 11.6. The molecule has 0 spiro atoms. The second kappa shape index (κ2) is 12.4. The minimum absolute atomic E-state index is 0.210. The molecule has 18 heavy (non-hydrogen) atoms. The van der Waals surface area contributed by atoms with Crippen molar-refractivity contribution in [2.24, 2.45) is 0 Å². The number of ether oxygens (including phenoxy) is 2. The molecule has 0 atom stereocenters. The molecule has 0 heterocycles. The van der Waals surface area contributed by atoms with E-state index >= 15 is 0 Å². The van der Waals surface area contributed by atoms with E-state index in [-0.39, 0.29) is 12.6 Å². The van der Waals surface area contributed by atoms with Gasteiger partial charge < -0.3 is 9.47 Å². The maximum atomic E-state index is 11.4. The minimum Gasteiger partial charge on any atom is -0.462 e. The lowest BCUT2D eigenvalue weighted by Gasteiger charge is -2.07. The van der Waals surface area contributed by atoms with Crippen molar-refractivity contribution in [1.82, 2.24) is 0 Å². The number of hydrogen-bond acceptors (Lipinski definition) is 3. The lowest BCUT2D eigenvalue weighted by atomic mass is 10.1. The van der Waals surface area contributed by atoms with Crippen LogP contribution in [0.15, 0.2) is 24.8 Å². The number of carbonyl (C=O) groups is 1. The highest BCUT2D eigenvalue weighted by molar-refractivity contribution is 5.87. The van der Waals surface area contributed by atoms with Gasteiger partial charge in [-0.1, -0.05) is 51.7 Å². The van der Waals surface area contributed by atoms with Crippen molar-refractivity contribution in [1.29, 1.82) is 0 Å². The van der Waals surface area contributed by atoms with Crippen LogP contribution in [-0.2, 0) is 14.3 Å². The van der Waals surface area contributed by atoms with Gasteiger partial charge in [0.1, 0.15) is 0 Å². The van der Waals surface area contributed by atoms with Crippen LogP contribution in [0.3, 0.4) is 0 Å². The molecule has 0 aromatic carbocycles. The van der Waals surface area contributed by atoms with E-state index in [2.05, 4.69) is 20.1 Å². The van der Waals surface area contributed by atoms with E-state index < -0.39 is 0 Å². The summed E-state index contributed by atoms with van der Waals surface area (Å²) in [7, 11) is 0. The molecule has 0 fully saturated rings. The van der Waals surface area contributed by atoms with Crippen molar-refractivity contribution in [3.05, 3.63) is 24.8 Å². The molecule has 0 unspecified atom stereocenters. The fraction of sp³-hybridized carbons (Fsp3) is 0.667. The topological polar surface area (TPSA) is 35.5 Å². The Morgan fingerprint density at radius 2 is 1.83 bits per heavy atom. The predicted molar refractivity (Wildman–Crippen MR) is 74.5 cm³/mol. The van der Waals surface area contributed by atoms with E-state index in [0.717, 1.165) is 12.8 Å². The van der Waals surface area contributed by atoms with E-state index in [9.17, 15) is 4.79 Å². The second-order valence-corrected chi connectivity index (χ2v) is 4.31. The number of unbranched alkanes of at least 4 members (excludes halogenated alkanes) is 5. The molecule has 0 saturated heterocycles. The highest BCUT2D eigenvalue weighted by atomic mass is 16.5. The lowest BCUT2D eigenvalue weighted by molar-refractivity contribution is -0.139. The summed E-state index contributed by atoms with van der Waals surface area (Å²) < 4.78 is 10.2. The standard InChI is InChI=1S/C15H26O3/c1-4-6-7-8-9-10-12-18-15(16)14(3)13-17-11-5-2/h5H,2-4,6-13H2,1H3. The molecule has 3 heteroatoms. The first kappa shape index (κ1) is 16.9. The van der Waals surface area contributed by atoms with Gasteiger partial charge in [-0.05, 0) is 6.42 Å². The van der Waals surface area contributed by atoms with Crippen LogP contribution in [0.4, 0.5) is 0 Å². The molecule has 0 saturated carbocycles. The number of hydrogen-bond donors (Lipinski definition) is 0. The zero-order chi connectivity index (χ0) is 13.6. The minimum atomic E-state index is -0.354. The SMILES string of the molecule is C=CCOCC(=C)C(=O)OCCCCCCCC. The smallest absolute Gasteiger partial charge is 0.335 e. The van der Waals surface area contributed by atoms with Crippen molar-refractivity contribution in [2.45, 2.75) is 45.4 Å². The molecule has 0 N–H and O–H groups in total. The largest absolute Gasteiger partial charge is 0.462 e. The van der Waals surface area contributed by atoms with E-state index in [4.69, 9.17) is 9.47 Å². The summed E-state index contributed by atoms with van der Waals surface area (Å²) in [6.07, 6.45) is 8.70. The maximum Gasteiger partial charge on any atom is 0.335 e. The summed E-state index contributed by atoms with van der Waals surface area (Å²) >= 11 is 0. The third kappa shape index (κ3) is 10.1. The summed E-state index contributed by atoms with van der Waals surface area (Å²) in [5.74, 6) is -0.354. The Morgan fingerprint density at radius 3 is 2.50 bits per heavy atom. The molecule has 0 aromatic rings. The van der Waals surface area contributed by atoms with E-state index in [1.165, 1.54) is 25.7 Å². The second-order valence-electron chi connectivity index (χ2n) is 4.31. The van der Waals surface area contributed by atoms with Crippen LogP contribution >= 0.6 is 0 Å². The van der Waals surface area contributed by atoms with Crippen molar-refractivity contribution >= 4 is 5.97 Å². The Balaban J connectivity index is 3.40. The molecule has 104 valence electrons. The number of esters is 1. The van der Waals surface area contributed by atoms with Crippen LogP contribution in [0.1, 0.15) is 45.4 Å². The third-order valence-corrected chi connectivity index (χ3v) is 2.53. The van der Waals surface area contributed by atoms with Crippen molar-refractivity contribution < 1.29 is 14.3 Å². The monoisotopic (exact) mass is 254 g/mol. The van der Waals surface area contributed by atoms with E-state index in [0.29, 0.717) is 18.8 Å². The lowest BCUT2D eigenvalue weighted by Crippen LogP contribution is -2.12. The molecule has 0 aliphatic carbocycles. The van der Waals surface area contributed by atoms with Crippen LogP contribution in [0, 0.1) is 0 Å². The van der Waals surface area contributed by atoms with E-state index in [1.807, 2.05) is 0 Å². The summed E-state index contributed by atoms with van der Waals surface area (Å²) in [5, 5.41) is 0. The third-order valence-electron chi connectivity index (χ3n) is 2.53. The summed E-state index contributed by atoms with van der Waals surface area (Å²) in [5.41, 5.74) is 0.364. The fourth-order valence-corrected chi connectivity index (χ4v) is 1.47. The van der Waals surface area contributed by atoms with Gasteiger partial charge in [-0.3, -0.25) is 0 Å². The van der Waals surface area contributed by atoms with Crippen LogP contribution < -0.4 is 0 Å². The Bertz CT molecular complexity index is 246. The summed E-state index contributed by atoms with van der Waals surface area (Å²) in [6, 6.07) is 0. The van der Waals surface area contributed by atoms with Crippen LogP contribution in [-0.4, -0.2) is 25.8 Å². The quantitative estimate of drug-likeness (QED) is 0.231. The number of carbonyl (C=O) groups excluding carboxylic acids is 1. The average Bonchev–Trinajstić information content (AvgIpc) is 2.37. The van der Waals surface area contributed by atoms with Crippen LogP contribution in [0.5, 0.6) is 0 Å². The molecular formula is C15H26O3. The van der Waals surface area contributed by atoms with Gasteiger partial charge in [0.2, 0.25) is 0 Å². The molecule has 0 aromatic heterocycles. The van der Waals surface area contributed by atoms with Gasteiger partial charge in [-0.25, -0.2) is 4.79 Å². The first-order valence-corrected chi connectivity index (χ1v) is 6.75. The fourth-order valence-electron chi connectivity index (χ4n) is 1.47. The molecule has 0 radical (unpaired) electrons. The molecule has 0 amide bonds. The van der Waals surface area contributed by atoms with Crippen molar-refractivity contribution in [2.75, 3.05) is 19.8 Å². The Morgan fingerprint density at radius 1 is 1.17 bits per heavy atom. The van der Waals surface area contributed by atoms with E-state index in [1.54, 1.807) is 6.08 Å². The number of rotatable bonds is 12. The zero-order valence-corrected chi connectivity index (χ0v) is 11.6. The van der Waals surface area contributed by atoms with Crippen LogP contribution in [0.25, 0.3) is 0 Å². The molecule has 0 bridgehead atoms. The Labute approximate surface area is 111 Å². The molecule has 3 nitrogen and oxygen atoms in total. The average molecular weight is 254 g/mol. The first-order valence-electron chi connectivity index (χ1n) is 6.75. The molecular weight excluding hydrogens is 228 g/mol. The Kier molecular flexibility index (Phi) is 11.6. The normalized spacial score (nSPS) is 10.1.